The maximum absolute atomic E-state index is 6.80. The molecule has 3 aromatic rings. The topological polar surface area (TPSA) is 0 Å². The second-order valence-corrected chi connectivity index (χ2v) is 7.25. The number of hydrogen-bond donors (Lipinski definition) is 0. The monoisotopic (exact) mass is 404 g/mol. The molecule has 0 fully saturated rings. The van der Waals surface area contributed by atoms with Gasteiger partial charge >= 0.3 is 0 Å². The average Bonchev–Trinajstić information content (AvgIpc) is 2.92. The van der Waals surface area contributed by atoms with Crippen LogP contribution < -0.4 is 0 Å². The summed E-state index contributed by atoms with van der Waals surface area (Å²) in [5, 5.41) is 2.66. The highest BCUT2D eigenvalue weighted by Crippen LogP contribution is 2.39. The summed E-state index contributed by atoms with van der Waals surface area (Å²) in [6.07, 6.45) is 2.32. The molecule has 0 N–H and O–H groups in total. The van der Waals surface area contributed by atoms with Crippen molar-refractivity contribution in [1.29, 1.82) is 0 Å². The van der Waals surface area contributed by atoms with Crippen molar-refractivity contribution in [2.24, 2.45) is 0 Å². The highest BCUT2D eigenvalue weighted by molar-refractivity contribution is 14.1. The highest BCUT2D eigenvalue weighted by atomic mass is 127. The predicted octanol–water partition coefficient (Wildman–Crippen LogP) is 5.87. The number of benzene rings is 3. The third-order valence-electron chi connectivity index (χ3n) is 4.33. The summed E-state index contributed by atoms with van der Waals surface area (Å²) in [6.45, 7) is 0. The van der Waals surface area contributed by atoms with Gasteiger partial charge in [-0.2, -0.15) is 0 Å². The molecule has 0 heterocycles. The fraction of sp³-hybridized carbons (Fsp3) is 0.158. The van der Waals surface area contributed by atoms with Crippen molar-refractivity contribution in [3.63, 3.8) is 0 Å². The van der Waals surface area contributed by atoms with Gasteiger partial charge in [0.25, 0.3) is 0 Å². The van der Waals surface area contributed by atoms with Gasteiger partial charge in [-0.1, -0.05) is 42.5 Å². The molecule has 1 atom stereocenters. The lowest BCUT2D eigenvalue weighted by atomic mass is 9.95. The Labute approximate surface area is 143 Å². The van der Waals surface area contributed by atoms with Crippen molar-refractivity contribution in [2.45, 2.75) is 18.2 Å². The Kier molecular flexibility index (Phi) is 3.43. The van der Waals surface area contributed by atoms with Gasteiger partial charge in [0, 0.05) is 3.57 Å². The van der Waals surface area contributed by atoms with Gasteiger partial charge in [0.1, 0.15) is 0 Å². The van der Waals surface area contributed by atoms with Crippen LogP contribution >= 0.6 is 34.2 Å². The number of halogens is 2. The lowest BCUT2D eigenvalue weighted by molar-refractivity contribution is 1.02. The van der Waals surface area contributed by atoms with Crippen LogP contribution in [0.2, 0.25) is 0 Å². The number of rotatable bonds is 2. The summed E-state index contributed by atoms with van der Waals surface area (Å²) >= 11 is 9.14. The van der Waals surface area contributed by atoms with Crippen molar-refractivity contribution < 1.29 is 0 Å². The van der Waals surface area contributed by atoms with Crippen LogP contribution in [0.4, 0.5) is 0 Å². The van der Waals surface area contributed by atoms with Crippen LogP contribution in [0.5, 0.6) is 0 Å². The average molecular weight is 405 g/mol. The SMILES string of the molecule is ClC(c1cccc(I)c1)c1ccc2c3c(cccc13)CC2. The van der Waals surface area contributed by atoms with E-state index >= 15 is 0 Å². The highest BCUT2D eigenvalue weighted by Gasteiger charge is 2.19. The molecular weight excluding hydrogens is 391 g/mol. The fourth-order valence-corrected chi connectivity index (χ4v) is 4.23. The third-order valence-corrected chi connectivity index (χ3v) is 5.48. The van der Waals surface area contributed by atoms with E-state index in [1.54, 1.807) is 0 Å². The molecule has 0 radical (unpaired) electrons. The molecule has 4 rings (SSSR count). The largest absolute Gasteiger partial charge is 0.113 e. The minimum Gasteiger partial charge on any atom is -0.113 e. The first-order valence-electron chi connectivity index (χ1n) is 7.17. The molecule has 104 valence electrons. The second-order valence-electron chi connectivity index (χ2n) is 5.57. The Morgan fingerprint density at radius 1 is 0.905 bits per heavy atom. The maximum atomic E-state index is 6.80. The molecule has 0 amide bonds. The lowest BCUT2D eigenvalue weighted by Crippen LogP contribution is -1.96. The molecule has 1 unspecified atom stereocenters. The Bertz CT molecular complexity index is 828. The van der Waals surface area contributed by atoms with Crippen LogP contribution in [0.1, 0.15) is 27.6 Å². The van der Waals surface area contributed by atoms with Gasteiger partial charge in [-0.25, -0.2) is 0 Å². The van der Waals surface area contributed by atoms with E-state index < -0.39 is 0 Å². The Morgan fingerprint density at radius 3 is 2.48 bits per heavy atom. The zero-order valence-corrected chi connectivity index (χ0v) is 14.4. The van der Waals surface area contributed by atoms with Crippen molar-refractivity contribution in [1.82, 2.24) is 0 Å². The van der Waals surface area contributed by atoms with E-state index in [0.717, 1.165) is 12.8 Å². The zero-order chi connectivity index (χ0) is 14.4. The summed E-state index contributed by atoms with van der Waals surface area (Å²) in [7, 11) is 0. The van der Waals surface area contributed by atoms with Gasteiger partial charge in [-0.15, -0.1) is 11.6 Å². The maximum Gasteiger partial charge on any atom is 0.0841 e. The molecule has 21 heavy (non-hydrogen) atoms. The van der Waals surface area contributed by atoms with Crippen molar-refractivity contribution in [3.8, 4) is 0 Å². The van der Waals surface area contributed by atoms with Crippen molar-refractivity contribution in [3.05, 3.63) is 80.4 Å². The molecule has 0 bridgehead atoms. The molecule has 1 aliphatic rings. The molecule has 0 saturated heterocycles. The fourth-order valence-electron chi connectivity index (χ4n) is 3.33. The normalized spacial score (nSPS) is 14.6. The van der Waals surface area contributed by atoms with Crippen LogP contribution in [-0.4, -0.2) is 0 Å². The van der Waals surface area contributed by atoms with E-state index in [0.29, 0.717) is 0 Å². The van der Waals surface area contributed by atoms with Gasteiger partial charge in [0.2, 0.25) is 0 Å². The van der Waals surface area contributed by atoms with E-state index in [1.165, 1.54) is 36.6 Å². The minimum absolute atomic E-state index is 0.0929. The van der Waals surface area contributed by atoms with E-state index in [4.69, 9.17) is 11.6 Å². The summed E-state index contributed by atoms with van der Waals surface area (Å²) in [4.78, 5) is 0. The van der Waals surface area contributed by atoms with Crippen molar-refractivity contribution in [2.75, 3.05) is 0 Å². The standard InChI is InChI=1S/C19H14ClI/c20-19(14-4-1-5-15(21)11-14)17-10-9-13-8-7-12-3-2-6-16(17)18(12)13/h1-6,9-11,19H,7-8H2. The molecule has 2 heteroatoms. The van der Waals surface area contributed by atoms with Crippen LogP contribution in [0, 0.1) is 3.57 Å². The smallest absolute Gasteiger partial charge is 0.0841 e. The van der Waals surface area contributed by atoms with E-state index in [-0.39, 0.29) is 5.38 Å². The summed E-state index contributed by atoms with van der Waals surface area (Å²) in [5.74, 6) is 0. The van der Waals surface area contributed by atoms with E-state index in [1.807, 2.05) is 0 Å². The van der Waals surface area contributed by atoms with Crippen LogP contribution in [-0.2, 0) is 12.8 Å². The first-order chi connectivity index (χ1) is 10.2. The minimum atomic E-state index is -0.0929. The molecule has 0 saturated carbocycles. The second kappa shape index (κ2) is 5.29. The number of alkyl halides is 1. The van der Waals surface area contributed by atoms with Gasteiger partial charge in [0.05, 0.1) is 5.38 Å². The van der Waals surface area contributed by atoms with Gasteiger partial charge in [0.15, 0.2) is 0 Å². The number of aryl methyl sites for hydroxylation is 2. The predicted molar refractivity (Wildman–Crippen MR) is 98.2 cm³/mol. The third kappa shape index (κ3) is 2.27. The summed E-state index contributed by atoms with van der Waals surface area (Å²) in [5.41, 5.74) is 5.33. The lowest BCUT2D eigenvalue weighted by Gasteiger charge is -2.15. The van der Waals surface area contributed by atoms with Crippen LogP contribution in [0.3, 0.4) is 0 Å². The molecule has 1 aliphatic carbocycles. The van der Waals surface area contributed by atoms with Crippen LogP contribution in [0.25, 0.3) is 10.8 Å². The zero-order valence-electron chi connectivity index (χ0n) is 11.4. The summed E-state index contributed by atoms with van der Waals surface area (Å²) in [6, 6.07) is 19.6. The Morgan fingerprint density at radius 2 is 1.67 bits per heavy atom. The number of hydrogen-bond acceptors (Lipinski definition) is 0. The first kappa shape index (κ1) is 13.6. The molecule has 0 aromatic heterocycles. The van der Waals surface area contributed by atoms with E-state index in [9.17, 15) is 0 Å². The van der Waals surface area contributed by atoms with Gasteiger partial charge < -0.3 is 0 Å². The Balaban J connectivity index is 1.92. The Hall–Kier alpha value is -1.06. The first-order valence-corrected chi connectivity index (χ1v) is 8.68. The summed E-state index contributed by atoms with van der Waals surface area (Å²) < 4.78 is 1.22. The van der Waals surface area contributed by atoms with Crippen molar-refractivity contribution >= 4 is 45.0 Å². The van der Waals surface area contributed by atoms with Gasteiger partial charge in [-0.05, 0) is 80.6 Å². The molecule has 0 nitrogen and oxygen atoms in total. The van der Waals surface area contributed by atoms with Crippen LogP contribution in [0.15, 0.2) is 54.6 Å². The molecular formula is C19H14ClI. The quantitative estimate of drug-likeness (QED) is 0.370. The van der Waals surface area contributed by atoms with E-state index in [2.05, 4.69) is 77.2 Å². The molecule has 0 spiro atoms. The van der Waals surface area contributed by atoms with Gasteiger partial charge in [-0.3, -0.25) is 0 Å². The molecule has 0 aliphatic heterocycles. The molecule has 3 aromatic carbocycles.